The summed E-state index contributed by atoms with van der Waals surface area (Å²) < 4.78 is 0. The van der Waals surface area contributed by atoms with Gasteiger partial charge in [0.25, 0.3) is 0 Å². The highest BCUT2D eigenvalue weighted by molar-refractivity contribution is 5.83. The molecule has 0 aliphatic heterocycles. The van der Waals surface area contributed by atoms with Gasteiger partial charge in [0.2, 0.25) is 5.91 Å². The molecule has 0 aromatic heterocycles. The predicted octanol–water partition coefficient (Wildman–Crippen LogP) is 3.29. The van der Waals surface area contributed by atoms with Crippen molar-refractivity contribution in [3.8, 4) is 0 Å². The van der Waals surface area contributed by atoms with Gasteiger partial charge in [-0.25, -0.2) is 0 Å². The molecule has 1 N–H and O–H groups in total. The highest BCUT2D eigenvalue weighted by atomic mass is 16.2. The lowest BCUT2D eigenvalue weighted by Crippen LogP contribution is -2.56. The summed E-state index contributed by atoms with van der Waals surface area (Å²) in [5, 5.41) is 3.12. The minimum atomic E-state index is -0.0334. The van der Waals surface area contributed by atoms with Gasteiger partial charge in [0.15, 0.2) is 0 Å². The maximum Gasteiger partial charge on any atom is 0.226 e. The van der Waals surface area contributed by atoms with Gasteiger partial charge in [0.05, 0.1) is 5.41 Å². The molecule has 0 saturated heterocycles. The highest BCUT2D eigenvalue weighted by Gasteiger charge is 2.58. The van der Waals surface area contributed by atoms with Crippen LogP contribution in [0, 0.1) is 22.7 Å². The summed E-state index contributed by atoms with van der Waals surface area (Å²) in [6.07, 6.45) is 7.50. The zero-order valence-electron chi connectivity index (χ0n) is 11.7. The summed E-state index contributed by atoms with van der Waals surface area (Å²) in [6, 6.07) is 0. The Morgan fingerprint density at radius 1 is 1.28 bits per heavy atom. The van der Waals surface area contributed by atoms with E-state index in [9.17, 15) is 4.79 Å². The van der Waals surface area contributed by atoms with Gasteiger partial charge in [-0.1, -0.05) is 19.1 Å². The van der Waals surface area contributed by atoms with Gasteiger partial charge in [0.1, 0.15) is 0 Å². The summed E-state index contributed by atoms with van der Waals surface area (Å²) in [4.78, 5) is 12.6. The normalized spacial score (nSPS) is 45.0. The smallest absolute Gasteiger partial charge is 0.226 e. The Kier molecular flexibility index (Phi) is 2.62. The molecule has 4 fully saturated rings. The minimum absolute atomic E-state index is 0.0334. The van der Waals surface area contributed by atoms with Crippen LogP contribution in [0.15, 0.2) is 12.2 Å². The Hall–Kier alpha value is -0.790. The lowest BCUT2D eigenvalue weighted by atomic mass is 9.44. The van der Waals surface area contributed by atoms with Crippen LogP contribution in [0.25, 0.3) is 0 Å². The quantitative estimate of drug-likeness (QED) is 0.762. The zero-order valence-corrected chi connectivity index (χ0v) is 11.7. The molecule has 4 bridgehead atoms. The molecular formula is C16H25NO. The fraction of sp³-hybridized carbons (Fsp3) is 0.812. The fourth-order valence-corrected chi connectivity index (χ4v) is 5.40. The maximum absolute atomic E-state index is 12.6. The second kappa shape index (κ2) is 3.85. The van der Waals surface area contributed by atoms with Gasteiger partial charge in [-0.3, -0.25) is 4.79 Å². The summed E-state index contributed by atoms with van der Waals surface area (Å²) in [5.74, 6) is 1.93. The first-order chi connectivity index (χ1) is 8.41. The van der Waals surface area contributed by atoms with Gasteiger partial charge in [-0.15, -0.1) is 0 Å². The van der Waals surface area contributed by atoms with Crippen molar-refractivity contribution in [1.82, 2.24) is 5.32 Å². The van der Waals surface area contributed by atoms with Crippen molar-refractivity contribution >= 4 is 5.91 Å². The topological polar surface area (TPSA) is 29.1 Å². The molecule has 4 aliphatic rings. The van der Waals surface area contributed by atoms with Crippen molar-refractivity contribution in [2.45, 2.75) is 52.4 Å². The molecule has 2 atom stereocenters. The van der Waals surface area contributed by atoms with Crippen LogP contribution in [0.5, 0.6) is 0 Å². The van der Waals surface area contributed by atoms with Gasteiger partial charge < -0.3 is 5.32 Å². The summed E-state index contributed by atoms with van der Waals surface area (Å²) in [6.45, 7) is 8.90. The van der Waals surface area contributed by atoms with E-state index in [1.165, 1.54) is 19.3 Å². The van der Waals surface area contributed by atoms with Crippen LogP contribution in [-0.2, 0) is 4.79 Å². The number of hydrogen-bond donors (Lipinski definition) is 1. The molecule has 0 heterocycles. The minimum Gasteiger partial charge on any atom is -0.352 e. The molecule has 2 nitrogen and oxygen atoms in total. The predicted molar refractivity (Wildman–Crippen MR) is 73.0 cm³/mol. The number of carbonyl (C=O) groups excluding carboxylic acids is 1. The Balaban J connectivity index is 1.78. The standard InChI is InChI=1S/C16H25NO/c1-11(2)9-17-14(18)16-7-12-4-13(8-16)6-15(3,5-12)10-16/h12-13H,1,4-10H2,2-3H3,(H,17,18). The Morgan fingerprint density at radius 3 is 2.39 bits per heavy atom. The van der Waals surface area contributed by atoms with Gasteiger partial charge in [0, 0.05) is 6.54 Å². The summed E-state index contributed by atoms with van der Waals surface area (Å²) in [5.41, 5.74) is 1.46. The highest BCUT2D eigenvalue weighted by Crippen LogP contribution is 2.65. The van der Waals surface area contributed by atoms with E-state index in [2.05, 4.69) is 18.8 Å². The molecule has 0 aromatic carbocycles. The first-order valence-electron chi connectivity index (χ1n) is 7.34. The molecule has 1 amide bonds. The average Bonchev–Trinajstić information content (AvgIpc) is 2.22. The molecule has 4 saturated carbocycles. The van der Waals surface area contributed by atoms with E-state index < -0.39 is 0 Å². The van der Waals surface area contributed by atoms with Crippen molar-refractivity contribution in [2.24, 2.45) is 22.7 Å². The molecule has 0 aromatic rings. The van der Waals surface area contributed by atoms with E-state index >= 15 is 0 Å². The fourth-order valence-electron chi connectivity index (χ4n) is 5.40. The SMILES string of the molecule is C=C(C)CNC(=O)C12CC3CC(CC(C)(C3)C1)C2. The van der Waals surface area contributed by atoms with Crippen molar-refractivity contribution in [3.05, 3.63) is 12.2 Å². The van der Waals surface area contributed by atoms with Gasteiger partial charge in [-0.05, 0) is 62.7 Å². The van der Waals surface area contributed by atoms with Crippen molar-refractivity contribution in [2.75, 3.05) is 6.54 Å². The molecule has 0 radical (unpaired) electrons. The third kappa shape index (κ3) is 1.90. The van der Waals surface area contributed by atoms with E-state index in [1.807, 2.05) is 6.92 Å². The van der Waals surface area contributed by atoms with Crippen molar-refractivity contribution in [3.63, 3.8) is 0 Å². The van der Waals surface area contributed by atoms with Crippen LogP contribution in [0.3, 0.4) is 0 Å². The monoisotopic (exact) mass is 247 g/mol. The number of hydrogen-bond acceptors (Lipinski definition) is 1. The van der Waals surface area contributed by atoms with Crippen molar-refractivity contribution < 1.29 is 4.79 Å². The first-order valence-corrected chi connectivity index (χ1v) is 7.34. The molecule has 2 heteroatoms. The van der Waals surface area contributed by atoms with Crippen LogP contribution in [0.4, 0.5) is 0 Å². The lowest BCUT2D eigenvalue weighted by Gasteiger charge is -2.60. The third-order valence-electron chi connectivity index (χ3n) is 5.39. The molecule has 100 valence electrons. The van der Waals surface area contributed by atoms with Gasteiger partial charge >= 0.3 is 0 Å². The molecule has 0 spiro atoms. The number of carbonyl (C=O) groups is 1. The number of amides is 1. The van der Waals surface area contributed by atoms with Crippen LogP contribution in [-0.4, -0.2) is 12.5 Å². The number of rotatable bonds is 3. The Bertz CT molecular complexity index is 384. The molecular weight excluding hydrogens is 222 g/mol. The molecule has 2 unspecified atom stereocenters. The lowest BCUT2D eigenvalue weighted by molar-refractivity contribution is -0.155. The van der Waals surface area contributed by atoms with Gasteiger partial charge in [-0.2, -0.15) is 0 Å². The van der Waals surface area contributed by atoms with Crippen LogP contribution in [0.2, 0.25) is 0 Å². The van der Waals surface area contributed by atoms with Crippen LogP contribution < -0.4 is 5.32 Å². The summed E-state index contributed by atoms with van der Waals surface area (Å²) in [7, 11) is 0. The average molecular weight is 247 g/mol. The molecule has 4 aliphatic carbocycles. The maximum atomic E-state index is 12.6. The zero-order chi connectivity index (χ0) is 13.0. The van der Waals surface area contributed by atoms with E-state index in [1.54, 1.807) is 0 Å². The van der Waals surface area contributed by atoms with Crippen molar-refractivity contribution in [1.29, 1.82) is 0 Å². The van der Waals surface area contributed by atoms with E-state index in [0.29, 0.717) is 17.9 Å². The van der Waals surface area contributed by atoms with E-state index in [-0.39, 0.29) is 5.41 Å². The molecule has 18 heavy (non-hydrogen) atoms. The second-order valence-corrected chi connectivity index (χ2v) is 7.69. The number of nitrogens with one attached hydrogen (secondary N) is 1. The van der Waals surface area contributed by atoms with Crippen LogP contribution >= 0.6 is 0 Å². The van der Waals surface area contributed by atoms with E-state index in [0.717, 1.165) is 36.7 Å². The van der Waals surface area contributed by atoms with E-state index in [4.69, 9.17) is 0 Å². The Morgan fingerprint density at radius 2 is 1.89 bits per heavy atom. The molecule has 4 rings (SSSR count). The van der Waals surface area contributed by atoms with Crippen LogP contribution in [0.1, 0.15) is 52.4 Å². The Labute approximate surface area is 110 Å². The second-order valence-electron chi connectivity index (χ2n) is 7.69. The summed E-state index contributed by atoms with van der Waals surface area (Å²) >= 11 is 0. The first kappa shape index (κ1) is 12.3. The third-order valence-corrected chi connectivity index (χ3v) is 5.39. The largest absolute Gasteiger partial charge is 0.352 e.